The summed E-state index contributed by atoms with van der Waals surface area (Å²) < 4.78 is 0. The minimum absolute atomic E-state index is 0.186. The summed E-state index contributed by atoms with van der Waals surface area (Å²) in [7, 11) is 0. The van der Waals surface area contributed by atoms with E-state index in [2.05, 4.69) is 80.6 Å². The molecule has 0 aliphatic carbocycles. The highest BCUT2D eigenvalue weighted by Crippen LogP contribution is 2.30. The zero-order chi connectivity index (χ0) is 25.2. The first-order valence-electron chi connectivity index (χ1n) is 13.8. The molecule has 2 heteroatoms. The van der Waals surface area contributed by atoms with Gasteiger partial charge in [0.15, 0.2) is 0 Å². The SMILES string of the molecule is CC(C)CC(CCCc1ccc(-c2ccccc2)cc1)CC[C@H]1CCN(/C=C/c2ccccc2)C1=O. The van der Waals surface area contributed by atoms with Crippen LogP contribution in [0.5, 0.6) is 0 Å². The number of amides is 1. The van der Waals surface area contributed by atoms with Gasteiger partial charge in [-0.1, -0.05) is 105 Å². The Morgan fingerprint density at radius 2 is 1.53 bits per heavy atom. The van der Waals surface area contributed by atoms with E-state index in [1.165, 1.54) is 36.0 Å². The third-order valence-corrected chi connectivity index (χ3v) is 7.46. The minimum Gasteiger partial charge on any atom is -0.319 e. The molecule has 36 heavy (non-hydrogen) atoms. The summed E-state index contributed by atoms with van der Waals surface area (Å²) in [5.41, 5.74) is 5.12. The smallest absolute Gasteiger partial charge is 0.229 e. The van der Waals surface area contributed by atoms with Gasteiger partial charge in [0.1, 0.15) is 0 Å². The van der Waals surface area contributed by atoms with Crippen LogP contribution in [0, 0.1) is 17.8 Å². The Kier molecular flexibility index (Phi) is 9.55. The Bertz CT molecular complexity index is 1090. The number of carbonyl (C=O) groups is 1. The van der Waals surface area contributed by atoms with Crippen molar-refractivity contribution in [3.63, 3.8) is 0 Å². The average molecular weight is 480 g/mol. The molecule has 188 valence electrons. The predicted octanol–water partition coefficient (Wildman–Crippen LogP) is 8.64. The second-order valence-corrected chi connectivity index (χ2v) is 10.8. The second-order valence-electron chi connectivity index (χ2n) is 10.8. The molecule has 0 bridgehead atoms. The van der Waals surface area contributed by atoms with Crippen molar-refractivity contribution < 1.29 is 4.79 Å². The molecule has 2 atom stereocenters. The van der Waals surface area contributed by atoms with Gasteiger partial charge in [0.25, 0.3) is 0 Å². The van der Waals surface area contributed by atoms with Crippen LogP contribution in [0.15, 0.2) is 91.1 Å². The van der Waals surface area contributed by atoms with Crippen molar-refractivity contribution in [1.29, 1.82) is 0 Å². The van der Waals surface area contributed by atoms with E-state index in [9.17, 15) is 4.79 Å². The maximum atomic E-state index is 13.0. The molecule has 0 spiro atoms. The number of likely N-dealkylation sites (tertiary alicyclic amines) is 1. The van der Waals surface area contributed by atoms with Gasteiger partial charge >= 0.3 is 0 Å². The van der Waals surface area contributed by atoms with Gasteiger partial charge in [0.05, 0.1) is 0 Å². The quantitative estimate of drug-likeness (QED) is 0.254. The van der Waals surface area contributed by atoms with E-state index in [4.69, 9.17) is 0 Å². The summed E-state index contributed by atoms with van der Waals surface area (Å²) in [5, 5.41) is 0. The van der Waals surface area contributed by atoms with Crippen LogP contribution in [0.3, 0.4) is 0 Å². The van der Waals surface area contributed by atoms with Crippen LogP contribution in [-0.4, -0.2) is 17.4 Å². The molecule has 0 aromatic heterocycles. The number of rotatable bonds is 12. The molecule has 1 aliphatic heterocycles. The van der Waals surface area contributed by atoms with Crippen LogP contribution in [0.4, 0.5) is 0 Å². The van der Waals surface area contributed by atoms with Crippen LogP contribution in [0.1, 0.15) is 63.5 Å². The Morgan fingerprint density at radius 3 is 2.22 bits per heavy atom. The third-order valence-electron chi connectivity index (χ3n) is 7.46. The highest BCUT2D eigenvalue weighted by Gasteiger charge is 2.30. The maximum Gasteiger partial charge on any atom is 0.229 e. The van der Waals surface area contributed by atoms with E-state index in [1.807, 2.05) is 35.4 Å². The molecular formula is C34H41NO. The molecule has 1 unspecified atom stereocenters. The number of aryl methyl sites for hydroxylation is 1. The van der Waals surface area contributed by atoms with E-state index in [0.717, 1.165) is 37.8 Å². The molecule has 1 aliphatic rings. The first-order valence-corrected chi connectivity index (χ1v) is 13.8. The molecular weight excluding hydrogens is 438 g/mol. The molecule has 0 N–H and O–H groups in total. The van der Waals surface area contributed by atoms with Gasteiger partial charge < -0.3 is 4.90 Å². The first kappa shape index (κ1) is 25.9. The number of hydrogen-bond acceptors (Lipinski definition) is 1. The minimum atomic E-state index is 0.186. The van der Waals surface area contributed by atoms with E-state index in [-0.39, 0.29) is 5.92 Å². The fourth-order valence-corrected chi connectivity index (χ4v) is 5.49. The van der Waals surface area contributed by atoms with Crippen molar-refractivity contribution in [1.82, 2.24) is 4.90 Å². The van der Waals surface area contributed by atoms with E-state index < -0.39 is 0 Å². The largest absolute Gasteiger partial charge is 0.319 e. The molecule has 3 aromatic rings. The Hall–Kier alpha value is -3.13. The van der Waals surface area contributed by atoms with Crippen molar-refractivity contribution in [2.45, 2.75) is 58.8 Å². The van der Waals surface area contributed by atoms with E-state index in [0.29, 0.717) is 17.7 Å². The summed E-state index contributed by atoms with van der Waals surface area (Å²) >= 11 is 0. The molecule has 2 nitrogen and oxygen atoms in total. The second kappa shape index (κ2) is 13.3. The lowest BCUT2D eigenvalue weighted by Gasteiger charge is -2.20. The van der Waals surface area contributed by atoms with Crippen molar-refractivity contribution in [3.8, 4) is 11.1 Å². The summed E-state index contributed by atoms with van der Waals surface area (Å²) in [5.74, 6) is 1.90. The van der Waals surface area contributed by atoms with E-state index >= 15 is 0 Å². The Labute approximate surface area is 218 Å². The zero-order valence-electron chi connectivity index (χ0n) is 22.0. The summed E-state index contributed by atoms with van der Waals surface area (Å²) in [4.78, 5) is 14.9. The fraction of sp³-hybridized carbons (Fsp3) is 0.382. The average Bonchev–Trinajstić information content (AvgIpc) is 3.26. The molecule has 3 aromatic carbocycles. The third kappa shape index (κ3) is 7.68. The van der Waals surface area contributed by atoms with Crippen molar-refractivity contribution in [3.05, 3.63) is 102 Å². The lowest BCUT2D eigenvalue weighted by Crippen LogP contribution is -2.22. The summed E-state index contributed by atoms with van der Waals surface area (Å²) in [6.45, 7) is 5.50. The highest BCUT2D eigenvalue weighted by molar-refractivity contribution is 5.82. The standard InChI is InChI=1S/C34H41NO/c1-27(2)26-30(13-9-12-29-16-19-32(20-17-29)31-14-7-4-8-15-31)18-21-33-23-25-35(34(33)36)24-22-28-10-5-3-6-11-28/h3-8,10-11,14-17,19-20,22,24,27,30,33H,9,12-13,18,21,23,25-26H2,1-2H3/b24-22+/t30?,33-/m0/s1. The maximum absolute atomic E-state index is 13.0. The van der Waals surface area contributed by atoms with Crippen LogP contribution < -0.4 is 0 Å². The van der Waals surface area contributed by atoms with Gasteiger partial charge in [-0.05, 0) is 78.7 Å². The van der Waals surface area contributed by atoms with Gasteiger partial charge in [0, 0.05) is 18.7 Å². The molecule has 0 saturated carbocycles. The van der Waals surface area contributed by atoms with Gasteiger partial charge in [-0.15, -0.1) is 0 Å². The number of nitrogens with zero attached hydrogens (tertiary/aromatic N) is 1. The molecule has 1 saturated heterocycles. The van der Waals surface area contributed by atoms with Crippen LogP contribution in [0.25, 0.3) is 17.2 Å². The summed E-state index contributed by atoms with van der Waals surface area (Å²) in [6, 6.07) is 29.9. The topological polar surface area (TPSA) is 20.3 Å². The van der Waals surface area contributed by atoms with Gasteiger partial charge in [-0.2, -0.15) is 0 Å². The molecule has 4 rings (SSSR count). The number of benzene rings is 3. The predicted molar refractivity (Wildman–Crippen MR) is 152 cm³/mol. The Balaban J connectivity index is 1.24. The van der Waals surface area contributed by atoms with Gasteiger partial charge in [-0.3, -0.25) is 4.79 Å². The first-order chi connectivity index (χ1) is 17.6. The molecule has 1 fully saturated rings. The van der Waals surface area contributed by atoms with Crippen molar-refractivity contribution in [2.75, 3.05) is 6.54 Å². The van der Waals surface area contributed by atoms with E-state index in [1.54, 1.807) is 0 Å². The molecule has 0 radical (unpaired) electrons. The van der Waals surface area contributed by atoms with Crippen LogP contribution in [-0.2, 0) is 11.2 Å². The van der Waals surface area contributed by atoms with Gasteiger partial charge in [-0.25, -0.2) is 0 Å². The van der Waals surface area contributed by atoms with Crippen LogP contribution in [0.2, 0.25) is 0 Å². The molecule has 1 amide bonds. The van der Waals surface area contributed by atoms with Crippen molar-refractivity contribution in [2.24, 2.45) is 17.8 Å². The van der Waals surface area contributed by atoms with Gasteiger partial charge in [0.2, 0.25) is 5.91 Å². The lowest BCUT2D eigenvalue weighted by molar-refractivity contribution is -0.129. The zero-order valence-corrected chi connectivity index (χ0v) is 22.0. The Morgan fingerprint density at radius 1 is 0.861 bits per heavy atom. The monoisotopic (exact) mass is 479 g/mol. The number of carbonyl (C=O) groups excluding carboxylic acids is 1. The highest BCUT2D eigenvalue weighted by atomic mass is 16.2. The van der Waals surface area contributed by atoms with Crippen molar-refractivity contribution >= 4 is 12.0 Å². The lowest BCUT2D eigenvalue weighted by atomic mass is 9.85. The number of hydrogen-bond donors (Lipinski definition) is 0. The fourth-order valence-electron chi connectivity index (χ4n) is 5.49. The normalized spacial score (nSPS) is 16.8. The van der Waals surface area contributed by atoms with Crippen LogP contribution >= 0.6 is 0 Å². The summed E-state index contributed by atoms with van der Waals surface area (Å²) in [6.07, 6.45) is 12.1. The molecule has 1 heterocycles.